The van der Waals surface area contributed by atoms with Crippen molar-refractivity contribution < 1.29 is 8.78 Å². The number of benzene rings is 1. The number of aromatic nitrogens is 1. The van der Waals surface area contributed by atoms with Gasteiger partial charge in [0.1, 0.15) is 0 Å². The molecule has 0 bridgehead atoms. The van der Waals surface area contributed by atoms with Crippen LogP contribution in [0.25, 0.3) is 10.9 Å². The third-order valence-electron chi connectivity index (χ3n) is 1.73. The van der Waals surface area contributed by atoms with Gasteiger partial charge in [-0.2, -0.15) is 0 Å². The number of halogens is 3. The van der Waals surface area contributed by atoms with Gasteiger partial charge in [0, 0.05) is 16.1 Å². The van der Waals surface area contributed by atoms with Crippen LogP contribution in [-0.2, 0) is 0 Å². The highest BCUT2D eigenvalue weighted by atomic mass is 79.9. The molecule has 1 aromatic heterocycles. The van der Waals surface area contributed by atoms with Crippen LogP contribution in [0, 0.1) is 11.6 Å². The predicted octanol–water partition coefficient (Wildman–Crippen LogP) is 3.28. The Morgan fingerprint density at radius 2 is 2.08 bits per heavy atom. The smallest absolute Gasteiger partial charge is 0.168 e. The second kappa shape index (κ2) is 3.03. The van der Waals surface area contributed by atoms with Gasteiger partial charge >= 0.3 is 0 Å². The van der Waals surface area contributed by atoms with E-state index in [0.717, 1.165) is 6.07 Å². The lowest BCUT2D eigenvalue weighted by Gasteiger charge is -2.01. The third kappa shape index (κ3) is 1.31. The van der Waals surface area contributed by atoms with E-state index in [-0.39, 0.29) is 5.39 Å². The van der Waals surface area contributed by atoms with E-state index in [1.54, 1.807) is 6.07 Å². The largest absolute Gasteiger partial charge is 0.255 e. The lowest BCUT2D eigenvalue weighted by atomic mass is 10.2. The number of nitrogens with zero attached hydrogens (tertiary/aromatic N) is 1. The van der Waals surface area contributed by atoms with Crippen LogP contribution in [0.5, 0.6) is 0 Å². The van der Waals surface area contributed by atoms with E-state index in [0.29, 0.717) is 9.99 Å². The quantitative estimate of drug-likeness (QED) is 0.648. The first-order valence-electron chi connectivity index (χ1n) is 3.58. The second-order valence-corrected chi connectivity index (χ2v) is 3.41. The van der Waals surface area contributed by atoms with Gasteiger partial charge in [-0.1, -0.05) is 0 Å². The topological polar surface area (TPSA) is 12.9 Å². The molecular weight excluding hydrogens is 240 g/mol. The first kappa shape index (κ1) is 8.56. The predicted molar refractivity (Wildman–Crippen MR) is 49.4 cm³/mol. The Balaban J connectivity index is 2.97. The van der Waals surface area contributed by atoms with Gasteiger partial charge < -0.3 is 0 Å². The second-order valence-electron chi connectivity index (χ2n) is 2.55. The molecule has 0 radical (unpaired) electrons. The zero-order valence-electron chi connectivity index (χ0n) is 6.39. The van der Waals surface area contributed by atoms with Crippen LogP contribution >= 0.6 is 15.9 Å². The summed E-state index contributed by atoms with van der Waals surface area (Å²) in [5, 5.41) is 0.189. The van der Waals surface area contributed by atoms with Crippen molar-refractivity contribution in [1.29, 1.82) is 0 Å². The van der Waals surface area contributed by atoms with Gasteiger partial charge in [-0.05, 0) is 34.1 Å². The highest BCUT2D eigenvalue weighted by Gasteiger charge is 2.10. The summed E-state index contributed by atoms with van der Waals surface area (Å²) in [7, 11) is 0. The molecule has 1 aromatic carbocycles. The Morgan fingerprint density at radius 3 is 2.85 bits per heavy atom. The Morgan fingerprint density at radius 1 is 1.31 bits per heavy atom. The molecule has 2 aromatic rings. The van der Waals surface area contributed by atoms with Crippen molar-refractivity contribution in [2.75, 3.05) is 0 Å². The fourth-order valence-corrected chi connectivity index (χ4v) is 1.66. The Bertz CT molecular complexity index is 470. The Kier molecular flexibility index (Phi) is 2.00. The molecule has 0 unspecified atom stereocenters. The fourth-order valence-electron chi connectivity index (χ4n) is 1.14. The van der Waals surface area contributed by atoms with Gasteiger partial charge in [-0.15, -0.1) is 0 Å². The van der Waals surface area contributed by atoms with Gasteiger partial charge in [0.25, 0.3) is 0 Å². The maximum absolute atomic E-state index is 13.1. The van der Waals surface area contributed by atoms with Crippen LogP contribution in [0.1, 0.15) is 0 Å². The number of rotatable bonds is 0. The molecule has 0 atom stereocenters. The van der Waals surface area contributed by atoms with Crippen molar-refractivity contribution >= 4 is 26.8 Å². The third-order valence-corrected chi connectivity index (χ3v) is 2.34. The summed E-state index contributed by atoms with van der Waals surface area (Å²) in [4.78, 5) is 3.93. The average Bonchev–Trinajstić information content (AvgIpc) is 2.15. The number of fused-ring (bicyclic) bond motifs is 1. The van der Waals surface area contributed by atoms with Crippen molar-refractivity contribution in [2.45, 2.75) is 0 Å². The van der Waals surface area contributed by atoms with E-state index in [1.807, 2.05) is 0 Å². The number of hydrogen-bond acceptors (Lipinski definition) is 1. The monoisotopic (exact) mass is 243 g/mol. The van der Waals surface area contributed by atoms with E-state index in [4.69, 9.17) is 0 Å². The molecule has 0 aliphatic rings. The van der Waals surface area contributed by atoms with Gasteiger partial charge in [-0.25, -0.2) is 8.78 Å². The summed E-state index contributed by atoms with van der Waals surface area (Å²) in [6, 6.07) is 4.13. The molecule has 0 fully saturated rings. The lowest BCUT2D eigenvalue weighted by molar-refractivity contribution is 0.516. The lowest BCUT2D eigenvalue weighted by Crippen LogP contribution is -1.89. The van der Waals surface area contributed by atoms with Crippen molar-refractivity contribution in [1.82, 2.24) is 4.98 Å². The zero-order chi connectivity index (χ0) is 9.42. The van der Waals surface area contributed by atoms with Crippen molar-refractivity contribution in [3.63, 3.8) is 0 Å². The molecule has 0 aliphatic heterocycles. The SMILES string of the molecule is Fc1cc(Br)c2ncccc2c1F. The molecule has 0 amide bonds. The van der Waals surface area contributed by atoms with E-state index in [2.05, 4.69) is 20.9 Å². The van der Waals surface area contributed by atoms with E-state index in [1.165, 1.54) is 12.3 Å². The van der Waals surface area contributed by atoms with Gasteiger partial charge in [0.15, 0.2) is 11.6 Å². The standard InChI is InChI=1S/C9H4BrF2N/c10-6-4-7(11)8(12)5-2-1-3-13-9(5)6/h1-4H. The molecular formula is C9H4BrF2N. The van der Waals surface area contributed by atoms with E-state index >= 15 is 0 Å². The highest BCUT2D eigenvalue weighted by molar-refractivity contribution is 9.10. The average molecular weight is 244 g/mol. The molecule has 0 saturated heterocycles. The highest BCUT2D eigenvalue weighted by Crippen LogP contribution is 2.26. The van der Waals surface area contributed by atoms with Gasteiger partial charge in [-0.3, -0.25) is 4.98 Å². The summed E-state index contributed by atoms with van der Waals surface area (Å²) in [6.07, 6.45) is 1.53. The van der Waals surface area contributed by atoms with Crippen molar-refractivity contribution in [3.05, 3.63) is 40.5 Å². The van der Waals surface area contributed by atoms with Gasteiger partial charge in [0.05, 0.1) is 5.52 Å². The van der Waals surface area contributed by atoms with Crippen molar-refractivity contribution in [2.24, 2.45) is 0 Å². The molecule has 0 aliphatic carbocycles. The van der Waals surface area contributed by atoms with Crippen LogP contribution in [0.3, 0.4) is 0 Å². The van der Waals surface area contributed by atoms with Gasteiger partial charge in [0.2, 0.25) is 0 Å². The summed E-state index contributed by atoms with van der Waals surface area (Å²) in [5.41, 5.74) is 0.432. The fraction of sp³-hybridized carbons (Fsp3) is 0. The molecule has 66 valence electrons. The van der Waals surface area contributed by atoms with Crippen LogP contribution in [0.4, 0.5) is 8.78 Å². The van der Waals surface area contributed by atoms with Crippen LogP contribution in [-0.4, -0.2) is 4.98 Å². The molecule has 0 saturated carbocycles. The molecule has 0 spiro atoms. The normalized spacial score (nSPS) is 10.7. The molecule has 2 rings (SSSR count). The first-order valence-corrected chi connectivity index (χ1v) is 4.37. The molecule has 1 heterocycles. The first-order chi connectivity index (χ1) is 6.20. The minimum atomic E-state index is -0.868. The Hall–Kier alpha value is -1.03. The molecule has 0 N–H and O–H groups in total. The Labute approximate surface area is 81.5 Å². The van der Waals surface area contributed by atoms with E-state index < -0.39 is 11.6 Å². The number of hydrogen-bond donors (Lipinski definition) is 0. The van der Waals surface area contributed by atoms with Crippen LogP contribution < -0.4 is 0 Å². The van der Waals surface area contributed by atoms with E-state index in [9.17, 15) is 8.78 Å². The summed E-state index contributed by atoms with van der Waals surface area (Å²) >= 11 is 3.11. The molecule has 13 heavy (non-hydrogen) atoms. The summed E-state index contributed by atoms with van der Waals surface area (Å²) in [6.45, 7) is 0. The minimum absolute atomic E-state index is 0.189. The maximum atomic E-state index is 13.1. The van der Waals surface area contributed by atoms with Crippen LogP contribution in [0.2, 0.25) is 0 Å². The van der Waals surface area contributed by atoms with Crippen molar-refractivity contribution in [3.8, 4) is 0 Å². The summed E-state index contributed by atoms with van der Waals surface area (Å²) in [5.74, 6) is -1.72. The van der Waals surface area contributed by atoms with Crippen LogP contribution in [0.15, 0.2) is 28.9 Å². The minimum Gasteiger partial charge on any atom is -0.255 e. The maximum Gasteiger partial charge on any atom is 0.168 e. The summed E-state index contributed by atoms with van der Waals surface area (Å²) < 4.78 is 26.5. The zero-order valence-corrected chi connectivity index (χ0v) is 7.98. The number of pyridine rings is 1. The molecule has 1 nitrogen and oxygen atoms in total. The molecule has 4 heteroatoms.